The third-order valence-electron chi connectivity index (χ3n) is 2.89. The van der Waals surface area contributed by atoms with Crippen LogP contribution in [0.4, 0.5) is 0 Å². The highest BCUT2D eigenvalue weighted by Gasteiger charge is 2.26. The molecule has 1 atom stereocenters. The summed E-state index contributed by atoms with van der Waals surface area (Å²) in [6.07, 6.45) is 8.49. The lowest BCUT2D eigenvalue weighted by atomic mass is 10.3. The molecular weight excluding hydrogens is 168 g/mol. The molecule has 2 aliphatic rings. The van der Waals surface area contributed by atoms with Crippen molar-refractivity contribution in [1.29, 1.82) is 0 Å². The Labute approximate surface area is 78.3 Å². The van der Waals surface area contributed by atoms with Crippen molar-refractivity contribution >= 4 is 17.5 Å². The van der Waals surface area contributed by atoms with E-state index in [-0.39, 0.29) is 0 Å². The van der Waals surface area contributed by atoms with Gasteiger partial charge in [0.1, 0.15) is 5.78 Å². The Hall–Kier alpha value is 0.0200. The van der Waals surface area contributed by atoms with Gasteiger partial charge in [0.2, 0.25) is 0 Å². The van der Waals surface area contributed by atoms with E-state index in [4.69, 9.17) is 0 Å². The fraction of sp³-hybridized carbons (Fsp3) is 0.900. The topological polar surface area (TPSA) is 17.1 Å². The van der Waals surface area contributed by atoms with Crippen LogP contribution in [-0.2, 0) is 4.79 Å². The average Bonchev–Trinajstić information content (AvgIpc) is 2.63. The third-order valence-corrected chi connectivity index (χ3v) is 4.53. The maximum absolute atomic E-state index is 11.0. The van der Waals surface area contributed by atoms with Crippen molar-refractivity contribution < 1.29 is 4.79 Å². The fourth-order valence-corrected chi connectivity index (χ4v) is 3.88. The van der Waals surface area contributed by atoms with E-state index in [1.165, 1.54) is 25.7 Å². The van der Waals surface area contributed by atoms with E-state index in [1.54, 1.807) is 0 Å². The van der Waals surface area contributed by atoms with Gasteiger partial charge in [0.15, 0.2) is 0 Å². The van der Waals surface area contributed by atoms with Gasteiger partial charge in [0.25, 0.3) is 0 Å². The summed E-state index contributed by atoms with van der Waals surface area (Å²) in [5, 5.41) is 1.57. The molecule has 2 fully saturated rings. The summed E-state index contributed by atoms with van der Waals surface area (Å²) in [7, 11) is 0. The van der Waals surface area contributed by atoms with Crippen LogP contribution in [0, 0.1) is 0 Å². The molecule has 0 heterocycles. The first kappa shape index (κ1) is 8.61. The van der Waals surface area contributed by atoms with Crippen molar-refractivity contribution in [3.05, 3.63) is 0 Å². The monoisotopic (exact) mass is 184 g/mol. The molecule has 0 saturated heterocycles. The first-order chi connectivity index (χ1) is 5.84. The van der Waals surface area contributed by atoms with Crippen molar-refractivity contribution in [2.24, 2.45) is 0 Å². The van der Waals surface area contributed by atoms with Gasteiger partial charge in [-0.2, -0.15) is 11.8 Å². The molecule has 1 unspecified atom stereocenters. The molecule has 0 spiro atoms. The van der Waals surface area contributed by atoms with Crippen LogP contribution in [0.3, 0.4) is 0 Å². The van der Waals surface area contributed by atoms with Gasteiger partial charge in [-0.25, -0.2) is 0 Å². The number of thioether (sulfide) groups is 1. The summed E-state index contributed by atoms with van der Waals surface area (Å²) in [6.45, 7) is 0. The van der Waals surface area contributed by atoms with E-state index in [0.29, 0.717) is 11.0 Å². The zero-order valence-corrected chi connectivity index (χ0v) is 8.24. The second-order valence-corrected chi connectivity index (χ2v) is 5.55. The lowest BCUT2D eigenvalue weighted by Crippen LogP contribution is -2.04. The van der Waals surface area contributed by atoms with Crippen LogP contribution in [0.15, 0.2) is 0 Å². The number of carbonyl (C=O) groups excluding carboxylic acids is 1. The molecule has 0 N–H and O–H groups in total. The van der Waals surface area contributed by atoms with Gasteiger partial charge < -0.3 is 0 Å². The van der Waals surface area contributed by atoms with Gasteiger partial charge in [-0.05, 0) is 19.3 Å². The molecule has 0 aromatic heterocycles. The number of ketones is 1. The Kier molecular flexibility index (Phi) is 2.74. The van der Waals surface area contributed by atoms with Crippen molar-refractivity contribution in [3.8, 4) is 0 Å². The quantitative estimate of drug-likeness (QED) is 0.656. The fourth-order valence-electron chi connectivity index (χ4n) is 2.19. The molecule has 2 heteroatoms. The maximum Gasteiger partial charge on any atom is 0.134 e. The number of carbonyl (C=O) groups is 1. The Balaban J connectivity index is 1.75. The summed E-state index contributed by atoms with van der Waals surface area (Å²) >= 11 is 2.10. The molecule has 0 radical (unpaired) electrons. The van der Waals surface area contributed by atoms with Crippen LogP contribution in [0.1, 0.15) is 44.9 Å². The number of hydrogen-bond acceptors (Lipinski definition) is 2. The van der Waals surface area contributed by atoms with E-state index >= 15 is 0 Å². The van der Waals surface area contributed by atoms with Gasteiger partial charge in [0, 0.05) is 23.3 Å². The maximum atomic E-state index is 11.0. The molecule has 1 nitrogen and oxygen atoms in total. The highest BCUT2D eigenvalue weighted by atomic mass is 32.2. The zero-order valence-electron chi connectivity index (χ0n) is 7.42. The molecule has 2 aliphatic carbocycles. The Morgan fingerprint density at radius 3 is 2.42 bits per heavy atom. The molecular formula is C10H16OS. The first-order valence-corrected chi connectivity index (χ1v) is 5.96. The molecule has 2 saturated carbocycles. The van der Waals surface area contributed by atoms with E-state index < -0.39 is 0 Å². The smallest absolute Gasteiger partial charge is 0.134 e. The average molecular weight is 184 g/mol. The molecule has 0 aliphatic heterocycles. The second kappa shape index (κ2) is 3.82. The van der Waals surface area contributed by atoms with E-state index in [2.05, 4.69) is 11.8 Å². The highest BCUT2D eigenvalue weighted by Crippen LogP contribution is 2.37. The molecule has 0 bridgehead atoms. The van der Waals surface area contributed by atoms with Crippen molar-refractivity contribution in [3.63, 3.8) is 0 Å². The van der Waals surface area contributed by atoms with E-state index in [0.717, 1.165) is 24.5 Å². The number of Topliss-reactive ketones (excluding diaryl/α,β-unsaturated/α-hetero) is 1. The predicted octanol–water partition coefficient (Wildman–Crippen LogP) is 2.78. The van der Waals surface area contributed by atoms with Crippen molar-refractivity contribution in [2.75, 3.05) is 0 Å². The molecule has 2 rings (SSSR count). The molecule has 12 heavy (non-hydrogen) atoms. The zero-order chi connectivity index (χ0) is 8.39. The van der Waals surface area contributed by atoms with Crippen LogP contribution >= 0.6 is 11.8 Å². The summed E-state index contributed by atoms with van der Waals surface area (Å²) < 4.78 is 0. The van der Waals surface area contributed by atoms with Crippen LogP contribution in [0.2, 0.25) is 0 Å². The van der Waals surface area contributed by atoms with Gasteiger partial charge >= 0.3 is 0 Å². The lowest BCUT2D eigenvalue weighted by Gasteiger charge is -2.13. The Morgan fingerprint density at radius 1 is 1.08 bits per heavy atom. The van der Waals surface area contributed by atoms with Crippen LogP contribution in [0.5, 0.6) is 0 Å². The van der Waals surface area contributed by atoms with Crippen LogP contribution in [0.25, 0.3) is 0 Å². The number of rotatable bonds is 2. The minimum Gasteiger partial charge on any atom is -0.300 e. The highest BCUT2D eigenvalue weighted by molar-refractivity contribution is 8.00. The van der Waals surface area contributed by atoms with E-state index in [9.17, 15) is 4.79 Å². The van der Waals surface area contributed by atoms with Crippen LogP contribution in [-0.4, -0.2) is 16.3 Å². The summed E-state index contributed by atoms with van der Waals surface area (Å²) in [5.74, 6) is 0.491. The standard InChI is InChI=1S/C10H16OS/c11-8-5-6-10(7-8)12-9-3-1-2-4-9/h9-10H,1-7H2. The minimum atomic E-state index is 0.491. The predicted molar refractivity (Wildman–Crippen MR) is 52.5 cm³/mol. The SMILES string of the molecule is O=C1CCC(SC2CCCC2)C1. The largest absolute Gasteiger partial charge is 0.300 e. The Bertz CT molecular complexity index is 173. The van der Waals surface area contributed by atoms with Gasteiger partial charge in [-0.3, -0.25) is 4.79 Å². The minimum absolute atomic E-state index is 0.491. The summed E-state index contributed by atoms with van der Waals surface area (Å²) in [6, 6.07) is 0. The summed E-state index contributed by atoms with van der Waals surface area (Å²) in [4.78, 5) is 11.0. The molecule has 0 aromatic carbocycles. The van der Waals surface area contributed by atoms with Gasteiger partial charge in [-0.15, -0.1) is 0 Å². The van der Waals surface area contributed by atoms with Gasteiger partial charge in [0.05, 0.1) is 0 Å². The third kappa shape index (κ3) is 2.03. The molecule has 0 amide bonds. The van der Waals surface area contributed by atoms with Gasteiger partial charge in [-0.1, -0.05) is 12.8 Å². The molecule has 0 aromatic rings. The van der Waals surface area contributed by atoms with Crippen molar-refractivity contribution in [2.45, 2.75) is 55.4 Å². The van der Waals surface area contributed by atoms with E-state index in [1.807, 2.05) is 0 Å². The Morgan fingerprint density at radius 2 is 1.83 bits per heavy atom. The summed E-state index contributed by atoms with van der Waals surface area (Å²) in [5.41, 5.74) is 0. The second-order valence-electron chi connectivity index (χ2n) is 3.95. The normalized spacial score (nSPS) is 31.7. The molecule has 68 valence electrons. The van der Waals surface area contributed by atoms with Crippen molar-refractivity contribution in [1.82, 2.24) is 0 Å². The number of hydrogen-bond donors (Lipinski definition) is 0. The first-order valence-electron chi connectivity index (χ1n) is 5.02. The van der Waals surface area contributed by atoms with Crippen LogP contribution < -0.4 is 0 Å². The lowest BCUT2D eigenvalue weighted by molar-refractivity contribution is -0.117.